The van der Waals surface area contributed by atoms with Crippen molar-refractivity contribution in [3.63, 3.8) is 0 Å². The normalized spacial score (nSPS) is 0. The van der Waals surface area contributed by atoms with Gasteiger partial charge in [0.15, 0.2) is 0 Å². The van der Waals surface area contributed by atoms with Gasteiger partial charge in [-0.25, -0.2) is 0 Å². The van der Waals surface area contributed by atoms with Gasteiger partial charge in [0.2, 0.25) is 0 Å². The zero-order chi connectivity index (χ0) is 0. The Morgan fingerprint density at radius 2 is 1.00 bits per heavy atom. The Labute approximate surface area is 83.4 Å². The van der Waals surface area contributed by atoms with E-state index < -0.39 is 0 Å². The second-order valence-corrected chi connectivity index (χ2v) is 0. The molecule has 0 unspecified atom stereocenters. The fraction of sp³-hybridized carbons (Fsp3) is 0. The van der Waals surface area contributed by atoms with E-state index in [0.29, 0.717) is 0 Å². The molecule has 8 radical (unpaired) electrons. The van der Waals surface area contributed by atoms with Crippen LogP contribution >= 0.6 is 0 Å². The molecule has 0 aromatic carbocycles. The van der Waals surface area contributed by atoms with Gasteiger partial charge in [-0.2, -0.15) is 0 Å². The van der Waals surface area contributed by atoms with Crippen molar-refractivity contribution in [2.75, 3.05) is 0 Å². The van der Waals surface area contributed by atoms with Gasteiger partial charge in [-0.3, -0.25) is 0 Å². The molecule has 0 fully saturated rings. The summed E-state index contributed by atoms with van der Waals surface area (Å²) < 4.78 is 0. The second-order valence-electron chi connectivity index (χ2n) is 0. The van der Waals surface area contributed by atoms with Gasteiger partial charge in [-0.05, 0) is 0 Å². The summed E-state index contributed by atoms with van der Waals surface area (Å²) in [4.78, 5) is 0. The van der Waals surface area contributed by atoms with Gasteiger partial charge in [0, 0.05) is 84.8 Å². The van der Waals surface area contributed by atoms with Gasteiger partial charge < -0.3 is 0 Å². The average molecular weight is 440 g/mol. The molecule has 0 aromatic rings. The van der Waals surface area contributed by atoms with Crippen molar-refractivity contribution in [3.05, 3.63) is 0 Å². The summed E-state index contributed by atoms with van der Waals surface area (Å²) in [5.74, 6) is 0. The van der Waals surface area contributed by atoms with Crippen LogP contribution in [0.3, 0.4) is 0 Å². The molecule has 0 aromatic heterocycles. The topological polar surface area (TPSA) is 0 Å². The van der Waals surface area contributed by atoms with Crippen molar-refractivity contribution >= 4 is 51.2 Å². The second kappa shape index (κ2) is 17.2. The molecular weight excluding hydrogens is 440 g/mol. The van der Waals surface area contributed by atoms with E-state index in [4.69, 9.17) is 0 Å². The summed E-state index contributed by atoms with van der Waals surface area (Å²) in [6.07, 6.45) is 0. The molecule has 0 atom stereocenters. The molecule has 0 N–H and O–H groups in total. The zero-order valence-corrected chi connectivity index (χ0v) is 10.5. The van der Waals surface area contributed by atoms with Gasteiger partial charge in [-0.15, -0.1) is 0 Å². The van der Waals surface area contributed by atoms with Gasteiger partial charge in [0.05, 0.1) is 0 Å². The van der Waals surface area contributed by atoms with Crippen molar-refractivity contribution in [1.82, 2.24) is 0 Å². The third-order valence-corrected chi connectivity index (χ3v) is 0. The Morgan fingerprint density at radius 3 is 1.00 bits per heavy atom. The first-order valence-electron chi connectivity index (χ1n) is 0. The van der Waals surface area contributed by atoms with Crippen LogP contribution < -0.4 is 0 Å². The summed E-state index contributed by atoms with van der Waals surface area (Å²) >= 11 is 0. The summed E-state index contributed by atoms with van der Waals surface area (Å²) in [7, 11) is 0. The number of rotatable bonds is 0. The maximum absolute atomic E-state index is 0. The van der Waals surface area contributed by atoms with Crippen molar-refractivity contribution in [3.8, 4) is 0 Å². The van der Waals surface area contributed by atoms with E-state index in [2.05, 4.69) is 0 Å². The van der Waals surface area contributed by atoms with Crippen molar-refractivity contribution in [2.24, 2.45) is 0 Å². The smallest absolute Gasteiger partial charge is 0 e. The Morgan fingerprint density at radius 1 is 1.00 bits per heavy atom. The molecule has 4 heteroatoms. The molecular formula is FeNiPbSn. The third-order valence-electron chi connectivity index (χ3n) is 0. The predicted octanol–water partition coefficient (Wildman–Crippen LogP) is -0.767. The summed E-state index contributed by atoms with van der Waals surface area (Å²) in [6, 6.07) is 0. The quantitative estimate of drug-likeness (QED) is 0.435. The Balaban J connectivity index is 0. The molecule has 4 heavy (non-hydrogen) atoms. The average Bonchev–Trinajstić information content (AvgIpc) is 0. The van der Waals surface area contributed by atoms with E-state index >= 15 is 0 Å². The van der Waals surface area contributed by atoms with Gasteiger partial charge in [0.1, 0.15) is 0 Å². The largest absolute Gasteiger partial charge is 0 e. The molecule has 0 heterocycles. The van der Waals surface area contributed by atoms with Crippen LogP contribution in [-0.4, -0.2) is 51.2 Å². The van der Waals surface area contributed by atoms with Crippen LogP contribution in [0, 0.1) is 0 Å². The van der Waals surface area contributed by atoms with Gasteiger partial charge in [-0.1, -0.05) is 0 Å². The van der Waals surface area contributed by atoms with Crippen molar-refractivity contribution in [1.29, 1.82) is 0 Å². The third kappa shape index (κ3) is 8.83. The molecule has 0 saturated carbocycles. The van der Waals surface area contributed by atoms with Crippen LogP contribution in [0.25, 0.3) is 0 Å². The standard InChI is InChI=1S/Fe.Ni.Pb.Sn. The maximum Gasteiger partial charge on any atom is 0 e. The molecule has 0 aliphatic carbocycles. The Kier molecular flexibility index (Phi) is 127. The molecule has 0 amide bonds. The first kappa shape index (κ1) is 29.6. The van der Waals surface area contributed by atoms with E-state index in [0.717, 1.165) is 0 Å². The number of hydrogen-bond donors (Lipinski definition) is 0. The number of hydrogen-bond acceptors (Lipinski definition) is 0. The van der Waals surface area contributed by atoms with Crippen LogP contribution in [0.1, 0.15) is 0 Å². The molecule has 0 nitrogen and oxygen atoms in total. The van der Waals surface area contributed by atoms with E-state index in [1.165, 1.54) is 0 Å². The van der Waals surface area contributed by atoms with Crippen LogP contribution in [0.15, 0.2) is 0 Å². The van der Waals surface area contributed by atoms with Crippen LogP contribution in [0.4, 0.5) is 0 Å². The van der Waals surface area contributed by atoms with Crippen LogP contribution in [0.5, 0.6) is 0 Å². The molecule has 0 spiro atoms. The fourth-order valence-electron chi connectivity index (χ4n) is 0. The van der Waals surface area contributed by atoms with Gasteiger partial charge in [0.25, 0.3) is 0 Å². The molecule has 0 aliphatic rings. The predicted molar refractivity (Wildman–Crippen MR) is 11.5 cm³/mol. The fourth-order valence-corrected chi connectivity index (χ4v) is 0. The SMILES string of the molecule is [Fe].[Ni].[Pb].[Sn]. The van der Waals surface area contributed by atoms with Crippen LogP contribution in [-0.2, 0) is 33.6 Å². The molecule has 0 rings (SSSR count). The molecule has 0 bridgehead atoms. The minimum atomic E-state index is 0. The monoisotopic (exact) mass is 442 g/mol. The molecule has 26 valence electrons. The summed E-state index contributed by atoms with van der Waals surface area (Å²) in [6.45, 7) is 0. The summed E-state index contributed by atoms with van der Waals surface area (Å²) in [5, 5.41) is 0. The first-order chi connectivity index (χ1) is 0. The van der Waals surface area contributed by atoms with E-state index in [-0.39, 0.29) is 84.8 Å². The summed E-state index contributed by atoms with van der Waals surface area (Å²) in [5.41, 5.74) is 0. The minimum Gasteiger partial charge on any atom is 0 e. The zero-order valence-electron chi connectivity index (χ0n) is 1.67. The van der Waals surface area contributed by atoms with Crippen molar-refractivity contribution < 1.29 is 33.6 Å². The molecule has 0 saturated heterocycles. The molecule has 0 aliphatic heterocycles. The van der Waals surface area contributed by atoms with E-state index in [9.17, 15) is 0 Å². The minimum absolute atomic E-state index is 0. The van der Waals surface area contributed by atoms with Gasteiger partial charge >= 0.3 is 0 Å². The van der Waals surface area contributed by atoms with E-state index in [1.807, 2.05) is 0 Å². The Hall–Kier alpha value is 2.73. The van der Waals surface area contributed by atoms with E-state index in [1.54, 1.807) is 0 Å². The Bertz CT molecular complexity index is 8.00. The maximum atomic E-state index is 0. The van der Waals surface area contributed by atoms with Crippen LogP contribution in [0.2, 0.25) is 0 Å². The first-order valence-corrected chi connectivity index (χ1v) is 0. The van der Waals surface area contributed by atoms with Crippen molar-refractivity contribution in [2.45, 2.75) is 0 Å².